The monoisotopic (exact) mass is 485 g/mol. The summed E-state index contributed by atoms with van der Waals surface area (Å²) in [4.78, 5) is 41.3. The van der Waals surface area contributed by atoms with Crippen molar-refractivity contribution < 1.29 is 37.4 Å². The minimum absolute atomic E-state index is 0.0693. The van der Waals surface area contributed by atoms with Gasteiger partial charge in [0.15, 0.2) is 5.78 Å². The van der Waals surface area contributed by atoms with E-state index in [0.717, 1.165) is 0 Å². The van der Waals surface area contributed by atoms with Crippen LogP contribution in [0.15, 0.2) is 79.1 Å². The number of Topliss-reactive ketones (excluding diaryl/α,β-unsaturated/α-hetero) is 1. The van der Waals surface area contributed by atoms with Gasteiger partial charge < -0.3 is 20.5 Å². The first kappa shape index (κ1) is 23.9. The number of hydrogen-bond donors (Lipinski definition) is 3. The quantitative estimate of drug-likeness (QED) is 0.290. The summed E-state index contributed by atoms with van der Waals surface area (Å²) in [6, 6.07) is 12.5. The van der Waals surface area contributed by atoms with Crippen LogP contribution in [0, 0.1) is 5.92 Å². The molecule has 1 aromatic heterocycles. The predicted octanol–water partition coefficient (Wildman–Crippen LogP) is 3.40. The van der Waals surface area contributed by atoms with Crippen molar-refractivity contribution in [2.75, 3.05) is 0 Å². The number of pyridine rings is 1. The summed E-state index contributed by atoms with van der Waals surface area (Å²) in [5, 5.41) is 14.4. The Bertz CT molecular complexity index is 1240. The van der Waals surface area contributed by atoms with E-state index in [4.69, 9.17) is 4.74 Å². The summed E-state index contributed by atoms with van der Waals surface area (Å²) in [5.41, 5.74) is -3.65. The smallest absolute Gasteiger partial charge is 0.423 e. The molecular weight excluding hydrogens is 467 g/mol. The van der Waals surface area contributed by atoms with Crippen molar-refractivity contribution >= 4 is 17.8 Å². The van der Waals surface area contributed by atoms with E-state index < -0.39 is 41.6 Å². The lowest BCUT2D eigenvalue weighted by atomic mass is 9.77. The zero-order valence-electron chi connectivity index (χ0n) is 17.8. The van der Waals surface area contributed by atoms with E-state index in [1.165, 1.54) is 72.3 Å². The standard InChI is InChI=1S/C24H18F3N3O5/c25-24(26,27)23(34)18(20(31)15-5-2-1-3-6-15)19(29-22(33)30-23)14-8-10-17(11-9-14)35-21(32)16-7-4-12-28-13-16/h1-13,18-19,34H,(H2,29,30,33). The molecule has 2 heterocycles. The van der Waals surface area contributed by atoms with Gasteiger partial charge in [0.25, 0.3) is 0 Å². The molecule has 2 aromatic carbocycles. The maximum absolute atomic E-state index is 14.0. The van der Waals surface area contributed by atoms with Crippen molar-refractivity contribution in [3.8, 4) is 5.75 Å². The number of benzene rings is 2. The van der Waals surface area contributed by atoms with Crippen LogP contribution in [0.2, 0.25) is 0 Å². The molecule has 3 atom stereocenters. The molecular formula is C24H18F3N3O5. The molecule has 2 amide bonds. The molecule has 1 aliphatic rings. The van der Waals surface area contributed by atoms with Crippen LogP contribution < -0.4 is 15.4 Å². The average Bonchev–Trinajstić information content (AvgIpc) is 2.84. The second-order valence-electron chi connectivity index (χ2n) is 7.75. The van der Waals surface area contributed by atoms with Gasteiger partial charge in [0.1, 0.15) is 11.7 Å². The highest BCUT2D eigenvalue weighted by atomic mass is 19.4. The number of aromatic nitrogens is 1. The van der Waals surface area contributed by atoms with Gasteiger partial charge in [-0.1, -0.05) is 42.5 Å². The fourth-order valence-corrected chi connectivity index (χ4v) is 3.79. The van der Waals surface area contributed by atoms with Crippen molar-refractivity contribution in [2.24, 2.45) is 5.92 Å². The van der Waals surface area contributed by atoms with Gasteiger partial charge >= 0.3 is 18.2 Å². The van der Waals surface area contributed by atoms with Crippen LogP contribution in [0.3, 0.4) is 0 Å². The van der Waals surface area contributed by atoms with Gasteiger partial charge in [-0.25, -0.2) is 9.59 Å². The van der Waals surface area contributed by atoms with Crippen LogP contribution in [-0.2, 0) is 0 Å². The molecule has 180 valence electrons. The summed E-state index contributed by atoms with van der Waals surface area (Å²) in [6.07, 6.45) is -2.58. The summed E-state index contributed by atoms with van der Waals surface area (Å²) >= 11 is 0. The first-order chi connectivity index (χ1) is 16.6. The van der Waals surface area contributed by atoms with Gasteiger partial charge in [0.2, 0.25) is 5.72 Å². The molecule has 0 aliphatic carbocycles. The fourth-order valence-electron chi connectivity index (χ4n) is 3.79. The molecule has 1 saturated heterocycles. The number of ketones is 1. The molecule has 0 bridgehead atoms. The number of aliphatic hydroxyl groups is 1. The highest BCUT2D eigenvalue weighted by molar-refractivity contribution is 6.00. The Hall–Kier alpha value is -4.25. The second kappa shape index (κ2) is 9.18. The molecule has 4 rings (SSSR count). The van der Waals surface area contributed by atoms with Gasteiger partial charge in [-0.05, 0) is 29.8 Å². The summed E-state index contributed by atoms with van der Waals surface area (Å²) in [5.74, 6) is -3.83. The van der Waals surface area contributed by atoms with E-state index >= 15 is 0 Å². The third kappa shape index (κ3) is 4.71. The van der Waals surface area contributed by atoms with Gasteiger partial charge in [0.05, 0.1) is 11.6 Å². The van der Waals surface area contributed by atoms with E-state index in [1.54, 1.807) is 12.1 Å². The van der Waals surface area contributed by atoms with E-state index in [0.29, 0.717) is 0 Å². The molecule has 1 fully saturated rings. The van der Waals surface area contributed by atoms with Gasteiger partial charge in [-0.15, -0.1) is 0 Å². The number of carbonyl (C=O) groups excluding carboxylic acids is 3. The Morgan fingerprint density at radius 1 is 0.971 bits per heavy atom. The summed E-state index contributed by atoms with van der Waals surface area (Å²) in [7, 11) is 0. The van der Waals surface area contributed by atoms with Crippen LogP contribution in [0.1, 0.15) is 32.3 Å². The minimum Gasteiger partial charge on any atom is -0.423 e. The first-order valence-electron chi connectivity index (χ1n) is 10.3. The summed E-state index contributed by atoms with van der Waals surface area (Å²) in [6.45, 7) is 0. The Morgan fingerprint density at radius 2 is 1.63 bits per heavy atom. The van der Waals surface area contributed by atoms with Gasteiger partial charge in [0, 0.05) is 18.0 Å². The maximum atomic E-state index is 14.0. The normalized spacial score (nSPS) is 22.0. The number of esters is 1. The summed E-state index contributed by atoms with van der Waals surface area (Å²) < 4.78 is 47.2. The molecule has 0 radical (unpaired) electrons. The molecule has 3 unspecified atom stereocenters. The van der Waals surface area contributed by atoms with Crippen LogP contribution in [0.5, 0.6) is 5.75 Å². The number of urea groups is 1. The van der Waals surface area contributed by atoms with Crippen LogP contribution in [0.4, 0.5) is 18.0 Å². The van der Waals surface area contributed by atoms with Crippen LogP contribution in [0.25, 0.3) is 0 Å². The van der Waals surface area contributed by atoms with E-state index in [-0.39, 0.29) is 22.4 Å². The highest BCUT2D eigenvalue weighted by Gasteiger charge is 2.66. The fraction of sp³-hybridized carbons (Fsp3) is 0.167. The number of hydrogen-bond acceptors (Lipinski definition) is 6. The van der Waals surface area contributed by atoms with E-state index in [9.17, 15) is 32.7 Å². The van der Waals surface area contributed by atoms with Crippen LogP contribution >= 0.6 is 0 Å². The number of nitrogens with zero attached hydrogens (tertiary/aromatic N) is 1. The Labute approximate surface area is 196 Å². The van der Waals surface area contributed by atoms with Crippen molar-refractivity contribution in [3.63, 3.8) is 0 Å². The minimum atomic E-state index is -5.36. The van der Waals surface area contributed by atoms with E-state index in [1.807, 2.05) is 0 Å². The number of halogens is 3. The Balaban J connectivity index is 1.68. The molecule has 0 saturated carbocycles. The number of rotatable bonds is 5. The van der Waals surface area contributed by atoms with Crippen molar-refractivity contribution in [2.45, 2.75) is 17.9 Å². The number of ether oxygens (including phenoxy) is 1. The van der Waals surface area contributed by atoms with Crippen LogP contribution in [-0.4, -0.2) is 39.8 Å². The maximum Gasteiger partial charge on any atom is 0.437 e. The largest absolute Gasteiger partial charge is 0.437 e. The van der Waals surface area contributed by atoms with Gasteiger partial charge in [-0.3, -0.25) is 9.78 Å². The van der Waals surface area contributed by atoms with E-state index in [2.05, 4.69) is 10.3 Å². The zero-order valence-corrected chi connectivity index (χ0v) is 17.8. The molecule has 0 spiro atoms. The van der Waals surface area contributed by atoms with Gasteiger partial charge in [-0.2, -0.15) is 13.2 Å². The molecule has 8 nitrogen and oxygen atoms in total. The van der Waals surface area contributed by atoms with Crippen molar-refractivity contribution in [1.29, 1.82) is 0 Å². The zero-order chi connectivity index (χ0) is 25.2. The average molecular weight is 485 g/mol. The lowest BCUT2D eigenvalue weighted by Crippen LogP contribution is -2.72. The SMILES string of the molecule is O=C1NC(c2ccc(OC(=O)c3cccnc3)cc2)C(C(=O)c2ccccc2)C(O)(C(F)(F)F)N1. The number of nitrogens with one attached hydrogen (secondary N) is 2. The van der Waals surface area contributed by atoms with Crippen molar-refractivity contribution in [3.05, 3.63) is 95.8 Å². The third-order valence-electron chi connectivity index (χ3n) is 5.49. The topological polar surface area (TPSA) is 118 Å². The number of amides is 2. The highest BCUT2D eigenvalue weighted by Crippen LogP contribution is 2.44. The molecule has 35 heavy (non-hydrogen) atoms. The third-order valence-corrected chi connectivity index (χ3v) is 5.49. The van der Waals surface area contributed by atoms with Crippen molar-refractivity contribution in [1.82, 2.24) is 15.6 Å². The predicted molar refractivity (Wildman–Crippen MR) is 115 cm³/mol. The Kier molecular flexibility index (Phi) is 6.27. The lowest BCUT2D eigenvalue weighted by Gasteiger charge is -2.45. The molecule has 1 aliphatic heterocycles. The number of carbonyl (C=O) groups is 3. The first-order valence-corrected chi connectivity index (χ1v) is 10.3. The number of alkyl halides is 3. The molecule has 3 aromatic rings. The molecule has 3 N–H and O–H groups in total. The Morgan fingerprint density at radius 3 is 2.23 bits per heavy atom. The molecule has 11 heteroatoms. The lowest BCUT2D eigenvalue weighted by molar-refractivity contribution is -0.287. The second-order valence-corrected chi connectivity index (χ2v) is 7.75.